The zero-order valence-corrected chi connectivity index (χ0v) is 16.5. The maximum Gasteiger partial charge on any atom is 0.263 e. The molecule has 146 valence electrons. The van der Waals surface area contributed by atoms with Crippen LogP contribution in [0, 0.1) is 11.7 Å². The van der Waals surface area contributed by atoms with Crippen LogP contribution in [0.25, 0.3) is 0 Å². The van der Waals surface area contributed by atoms with E-state index in [1.807, 2.05) is 41.6 Å². The Labute approximate surface area is 164 Å². The summed E-state index contributed by atoms with van der Waals surface area (Å²) in [7, 11) is 1.84. The molecule has 1 aromatic carbocycles. The molecule has 0 spiro atoms. The average Bonchev–Trinajstić information content (AvgIpc) is 3.22. The summed E-state index contributed by atoms with van der Waals surface area (Å²) in [5.41, 5.74) is 0.658. The third kappa shape index (κ3) is 4.94. The SMILES string of the molecule is CN(C(=O)c1cccs1)[C@@H](Cc1ccccc1F)C1CCN(CCO)CC1. The first-order valence-corrected chi connectivity index (χ1v) is 10.4. The van der Waals surface area contributed by atoms with Crippen LogP contribution in [-0.2, 0) is 6.42 Å². The number of benzene rings is 1. The molecule has 1 saturated heterocycles. The largest absolute Gasteiger partial charge is 0.395 e. The fraction of sp³-hybridized carbons (Fsp3) is 0.476. The Morgan fingerprint density at radius 2 is 2.04 bits per heavy atom. The summed E-state index contributed by atoms with van der Waals surface area (Å²) >= 11 is 1.44. The van der Waals surface area contributed by atoms with Gasteiger partial charge in [0.1, 0.15) is 5.82 Å². The number of likely N-dealkylation sites (tertiary alicyclic amines) is 1. The lowest BCUT2D eigenvalue weighted by molar-refractivity contribution is 0.0579. The molecule has 4 nitrogen and oxygen atoms in total. The maximum absolute atomic E-state index is 14.3. The predicted octanol–water partition coefficient (Wildman–Crippen LogP) is 3.27. The first kappa shape index (κ1) is 20.0. The van der Waals surface area contributed by atoms with Crippen LogP contribution < -0.4 is 0 Å². The summed E-state index contributed by atoms with van der Waals surface area (Å²) in [4.78, 5) is 17.7. The fourth-order valence-corrected chi connectivity index (χ4v) is 4.64. The van der Waals surface area contributed by atoms with Crippen molar-refractivity contribution in [2.45, 2.75) is 25.3 Å². The van der Waals surface area contributed by atoms with Gasteiger partial charge in [-0.2, -0.15) is 0 Å². The molecule has 6 heteroatoms. The number of aliphatic hydroxyl groups is 1. The van der Waals surface area contributed by atoms with E-state index in [0.717, 1.165) is 25.9 Å². The van der Waals surface area contributed by atoms with Crippen molar-refractivity contribution in [3.8, 4) is 0 Å². The second-order valence-corrected chi connectivity index (χ2v) is 8.11. The molecule has 1 N–H and O–H groups in total. The molecule has 0 saturated carbocycles. The van der Waals surface area contributed by atoms with E-state index < -0.39 is 0 Å². The Kier molecular flexibility index (Phi) is 6.99. The number of aliphatic hydroxyl groups excluding tert-OH is 1. The molecular weight excluding hydrogens is 363 g/mol. The number of thiophene rings is 1. The van der Waals surface area contributed by atoms with Crippen LogP contribution >= 0.6 is 11.3 Å². The third-order valence-electron chi connectivity index (χ3n) is 5.53. The summed E-state index contributed by atoms with van der Waals surface area (Å²) in [5.74, 6) is 0.106. The van der Waals surface area contributed by atoms with Gasteiger partial charge < -0.3 is 14.9 Å². The average molecular weight is 391 g/mol. The number of hydrogen-bond donors (Lipinski definition) is 1. The van der Waals surface area contributed by atoms with E-state index in [1.54, 1.807) is 6.07 Å². The molecule has 0 aliphatic carbocycles. The second-order valence-electron chi connectivity index (χ2n) is 7.16. The van der Waals surface area contributed by atoms with Gasteiger partial charge in [0.15, 0.2) is 0 Å². The van der Waals surface area contributed by atoms with Gasteiger partial charge in [0.05, 0.1) is 11.5 Å². The molecule has 0 bridgehead atoms. The van der Waals surface area contributed by atoms with Crippen LogP contribution in [0.1, 0.15) is 28.1 Å². The highest BCUT2D eigenvalue weighted by Gasteiger charge is 2.32. The number of hydrogen-bond acceptors (Lipinski definition) is 4. The molecule has 2 heterocycles. The highest BCUT2D eigenvalue weighted by molar-refractivity contribution is 7.12. The van der Waals surface area contributed by atoms with E-state index in [1.165, 1.54) is 17.4 Å². The van der Waals surface area contributed by atoms with Crippen molar-refractivity contribution < 1.29 is 14.3 Å². The molecular formula is C21H27FN2O2S. The number of piperidine rings is 1. The number of amides is 1. The van der Waals surface area contributed by atoms with Gasteiger partial charge in [-0.3, -0.25) is 4.79 Å². The fourth-order valence-electron chi connectivity index (χ4n) is 3.94. The molecule has 0 radical (unpaired) electrons. The summed E-state index contributed by atoms with van der Waals surface area (Å²) in [6.45, 7) is 2.66. The summed E-state index contributed by atoms with van der Waals surface area (Å²) in [5, 5.41) is 11.1. The lowest BCUT2D eigenvalue weighted by Gasteiger charge is -2.40. The molecule has 1 amide bonds. The highest BCUT2D eigenvalue weighted by atomic mass is 32.1. The molecule has 1 atom stereocenters. The molecule has 3 rings (SSSR count). The first-order valence-electron chi connectivity index (χ1n) is 9.47. The minimum Gasteiger partial charge on any atom is -0.395 e. The van der Waals surface area contributed by atoms with E-state index in [9.17, 15) is 9.18 Å². The second kappa shape index (κ2) is 9.44. The highest BCUT2D eigenvalue weighted by Crippen LogP contribution is 2.28. The zero-order valence-electron chi connectivity index (χ0n) is 15.7. The van der Waals surface area contributed by atoms with Gasteiger partial charge in [-0.15, -0.1) is 11.3 Å². The molecule has 1 fully saturated rings. The zero-order chi connectivity index (χ0) is 19.2. The van der Waals surface area contributed by atoms with Crippen molar-refractivity contribution >= 4 is 17.2 Å². The number of halogens is 1. The molecule has 0 unspecified atom stereocenters. The summed E-state index contributed by atoms with van der Waals surface area (Å²) < 4.78 is 14.3. The maximum atomic E-state index is 14.3. The van der Waals surface area contributed by atoms with Crippen LogP contribution in [-0.4, -0.2) is 60.1 Å². The number of carbonyl (C=O) groups is 1. The van der Waals surface area contributed by atoms with E-state index >= 15 is 0 Å². The van der Waals surface area contributed by atoms with Crippen molar-refractivity contribution in [2.24, 2.45) is 5.92 Å². The van der Waals surface area contributed by atoms with Crippen molar-refractivity contribution in [1.29, 1.82) is 0 Å². The van der Waals surface area contributed by atoms with Crippen LogP contribution in [0.15, 0.2) is 41.8 Å². The van der Waals surface area contributed by atoms with Crippen LogP contribution in [0.5, 0.6) is 0 Å². The molecule has 1 aliphatic rings. The smallest absolute Gasteiger partial charge is 0.263 e. The first-order chi connectivity index (χ1) is 13.1. The van der Waals surface area contributed by atoms with Gasteiger partial charge in [0.25, 0.3) is 5.91 Å². The molecule has 27 heavy (non-hydrogen) atoms. The Bertz CT molecular complexity index is 730. The van der Waals surface area contributed by atoms with E-state index in [0.29, 0.717) is 29.3 Å². The van der Waals surface area contributed by atoms with E-state index in [-0.39, 0.29) is 24.4 Å². The lowest BCUT2D eigenvalue weighted by atomic mass is 9.84. The van der Waals surface area contributed by atoms with Crippen molar-refractivity contribution in [3.05, 3.63) is 58.0 Å². The topological polar surface area (TPSA) is 43.8 Å². The summed E-state index contributed by atoms with van der Waals surface area (Å²) in [6.07, 6.45) is 2.41. The van der Waals surface area contributed by atoms with Crippen LogP contribution in [0.2, 0.25) is 0 Å². The van der Waals surface area contributed by atoms with E-state index in [4.69, 9.17) is 5.11 Å². The van der Waals surface area contributed by atoms with E-state index in [2.05, 4.69) is 4.90 Å². The quantitative estimate of drug-likeness (QED) is 0.789. The normalized spacial score (nSPS) is 17.0. The Morgan fingerprint density at radius 1 is 1.30 bits per heavy atom. The number of β-amino-alcohol motifs (C(OH)–C–C–N with tert-alkyl or cyclic N) is 1. The number of nitrogens with zero attached hydrogens (tertiary/aromatic N) is 2. The Balaban J connectivity index is 1.78. The lowest BCUT2D eigenvalue weighted by Crippen LogP contribution is -2.47. The number of likely N-dealkylation sites (N-methyl/N-ethyl adjacent to an activating group) is 1. The van der Waals surface area contributed by atoms with Gasteiger partial charge in [0.2, 0.25) is 0 Å². The monoisotopic (exact) mass is 390 g/mol. The van der Waals surface area contributed by atoms with Crippen LogP contribution in [0.4, 0.5) is 4.39 Å². The summed E-state index contributed by atoms with van der Waals surface area (Å²) in [6, 6.07) is 10.5. The number of carbonyl (C=O) groups excluding carboxylic acids is 1. The van der Waals surface area contributed by atoms with Gasteiger partial charge in [-0.1, -0.05) is 24.3 Å². The van der Waals surface area contributed by atoms with Crippen molar-refractivity contribution in [1.82, 2.24) is 9.80 Å². The minimum atomic E-state index is -0.211. The number of rotatable bonds is 7. The molecule has 1 aromatic heterocycles. The molecule has 1 aliphatic heterocycles. The van der Waals surface area contributed by atoms with Gasteiger partial charge in [0, 0.05) is 19.6 Å². The van der Waals surface area contributed by atoms with Gasteiger partial charge >= 0.3 is 0 Å². The third-order valence-corrected chi connectivity index (χ3v) is 6.39. The van der Waals surface area contributed by atoms with Crippen molar-refractivity contribution in [2.75, 3.05) is 33.3 Å². The van der Waals surface area contributed by atoms with Gasteiger partial charge in [-0.05, 0) is 61.3 Å². The van der Waals surface area contributed by atoms with Crippen molar-refractivity contribution in [3.63, 3.8) is 0 Å². The van der Waals surface area contributed by atoms with Gasteiger partial charge in [-0.25, -0.2) is 4.39 Å². The Hall–Kier alpha value is -1.76. The Morgan fingerprint density at radius 3 is 2.67 bits per heavy atom. The minimum absolute atomic E-state index is 0.00382. The standard InChI is InChI=1S/C21H27FN2O2S/c1-23(21(26)20-7-4-14-27-20)19(15-17-5-2-3-6-18(17)22)16-8-10-24(11-9-16)12-13-25/h2-7,14,16,19,25H,8-13,15H2,1H3/t19-/m0/s1. The molecule has 2 aromatic rings. The predicted molar refractivity (Wildman–Crippen MR) is 107 cm³/mol. The van der Waals surface area contributed by atoms with Crippen LogP contribution in [0.3, 0.4) is 0 Å².